The molecule has 1 fully saturated rings. The van der Waals surface area contributed by atoms with Crippen molar-refractivity contribution in [3.63, 3.8) is 0 Å². The summed E-state index contributed by atoms with van der Waals surface area (Å²) < 4.78 is 7.29. The Balaban J connectivity index is 0.00000320. The van der Waals surface area contributed by atoms with E-state index < -0.39 is 5.60 Å². The number of hydrogen-bond acceptors (Lipinski definition) is 4. The molecule has 2 heterocycles. The molecule has 1 aromatic heterocycles. The van der Waals surface area contributed by atoms with Gasteiger partial charge in [0.2, 0.25) is 0 Å². The monoisotopic (exact) mass is 526 g/mol. The van der Waals surface area contributed by atoms with Crippen molar-refractivity contribution in [2.45, 2.75) is 45.5 Å². The molecule has 164 valence electrons. The van der Waals surface area contributed by atoms with Crippen LogP contribution in [-0.2, 0) is 17.8 Å². The van der Waals surface area contributed by atoms with Crippen LogP contribution in [-0.4, -0.2) is 58.5 Å². The molecule has 0 unspecified atom stereocenters. The summed E-state index contributed by atoms with van der Waals surface area (Å²) >= 11 is 0. The quantitative estimate of drug-likeness (QED) is 0.356. The highest BCUT2D eigenvalue weighted by Gasteiger charge is 2.34. The first-order chi connectivity index (χ1) is 13.8. The molecule has 0 bridgehead atoms. The maximum Gasteiger partial charge on any atom is 0.410 e. The lowest BCUT2D eigenvalue weighted by molar-refractivity contribution is 0.00701. The minimum atomic E-state index is -0.473. The van der Waals surface area contributed by atoms with Crippen LogP contribution in [0.3, 0.4) is 0 Å². The van der Waals surface area contributed by atoms with Crippen LogP contribution in [0.5, 0.6) is 0 Å². The van der Waals surface area contributed by atoms with Gasteiger partial charge >= 0.3 is 6.09 Å². The molecule has 2 N–H and O–H groups in total. The molecule has 0 saturated carbocycles. The molecule has 1 saturated heterocycles. The molecule has 1 aliphatic rings. The zero-order valence-electron chi connectivity index (χ0n) is 18.0. The Kier molecular flexibility index (Phi) is 8.51. The first-order valence-electron chi connectivity index (χ1n) is 9.83. The molecule has 1 amide bonds. The van der Waals surface area contributed by atoms with E-state index in [4.69, 9.17) is 4.74 Å². The highest BCUT2D eigenvalue weighted by molar-refractivity contribution is 14.0. The number of amides is 1. The van der Waals surface area contributed by atoms with Gasteiger partial charge in [0, 0.05) is 39.1 Å². The summed E-state index contributed by atoms with van der Waals surface area (Å²) in [5, 5.41) is 10.9. The Morgan fingerprint density at radius 2 is 2.00 bits per heavy atom. The van der Waals surface area contributed by atoms with Gasteiger partial charge in [0.25, 0.3) is 0 Å². The average Bonchev–Trinajstić information content (AvgIpc) is 3.12. The van der Waals surface area contributed by atoms with Crippen molar-refractivity contribution in [2.75, 3.05) is 20.1 Å². The third-order valence-corrected chi connectivity index (χ3v) is 4.45. The molecule has 0 radical (unpaired) electrons. The third kappa shape index (κ3) is 7.19. The predicted octanol–water partition coefficient (Wildman–Crippen LogP) is 2.83. The second-order valence-corrected chi connectivity index (χ2v) is 8.18. The number of aromatic nitrogens is 2. The van der Waals surface area contributed by atoms with Crippen LogP contribution >= 0.6 is 24.0 Å². The Morgan fingerprint density at radius 3 is 2.63 bits per heavy atom. The average molecular weight is 526 g/mol. The number of rotatable bonds is 5. The van der Waals surface area contributed by atoms with Crippen LogP contribution in [0.2, 0.25) is 0 Å². The number of likely N-dealkylation sites (tertiary alicyclic amines) is 1. The molecule has 1 aromatic carbocycles. The van der Waals surface area contributed by atoms with Gasteiger partial charge < -0.3 is 20.3 Å². The number of guanidine groups is 1. The van der Waals surface area contributed by atoms with Crippen LogP contribution in [0, 0.1) is 0 Å². The number of hydrogen-bond donors (Lipinski definition) is 2. The number of carbonyl (C=O) groups is 1. The number of carbonyl (C=O) groups excluding carboxylic acids is 1. The summed E-state index contributed by atoms with van der Waals surface area (Å²) in [6.07, 6.45) is 3.47. The fourth-order valence-electron chi connectivity index (χ4n) is 3.04. The Labute approximate surface area is 195 Å². The highest BCUT2D eigenvalue weighted by atomic mass is 127. The van der Waals surface area contributed by atoms with Crippen molar-refractivity contribution >= 4 is 36.0 Å². The second-order valence-electron chi connectivity index (χ2n) is 8.18. The zero-order chi connectivity index (χ0) is 20.9. The lowest BCUT2D eigenvalue weighted by atomic mass is 10.1. The fraction of sp³-hybridized carbons (Fsp3) is 0.476. The number of nitrogens with one attached hydrogen (secondary N) is 2. The predicted molar refractivity (Wildman–Crippen MR) is 128 cm³/mol. The van der Waals surface area contributed by atoms with E-state index in [-0.39, 0.29) is 36.1 Å². The van der Waals surface area contributed by atoms with E-state index in [1.165, 1.54) is 11.1 Å². The molecular formula is C21H31IN6O2. The molecule has 0 atom stereocenters. The van der Waals surface area contributed by atoms with Gasteiger partial charge in [-0.05, 0) is 38.0 Å². The topological polar surface area (TPSA) is 83.8 Å². The number of ether oxygens (including phenoxy) is 1. The molecule has 2 aromatic rings. The summed E-state index contributed by atoms with van der Waals surface area (Å²) in [6.45, 7) is 8.23. The molecule has 3 rings (SSSR count). The number of nitrogens with zero attached hydrogens (tertiary/aromatic N) is 4. The van der Waals surface area contributed by atoms with E-state index in [9.17, 15) is 4.79 Å². The molecule has 8 nitrogen and oxygen atoms in total. The summed E-state index contributed by atoms with van der Waals surface area (Å²) in [5.74, 6) is 0.719. The maximum absolute atomic E-state index is 12.0. The van der Waals surface area contributed by atoms with Gasteiger partial charge in [-0.2, -0.15) is 5.10 Å². The van der Waals surface area contributed by atoms with Crippen molar-refractivity contribution in [1.82, 2.24) is 25.3 Å². The van der Waals surface area contributed by atoms with Crippen molar-refractivity contribution in [2.24, 2.45) is 4.99 Å². The molecule has 0 aliphatic carbocycles. The number of halogens is 1. The molecular weight excluding hydrogens is 495 g/mol. The van der Waals surface area contributed by atoms with E-state index >= 15 is 0 Å². The van der Waals surface area contributed by atoms with Crippen molar-refractivity contribution in [1.29, 1.82) is 0 Å². The van der Waals surface area contributed by atoms with Gasteiger partial charge in [-0.25, -0.2) is 4.79 Å². The highest BCUT2D eigenvalue weighted by Crippen LogP contribution is 2.15. The summed E-state index contributed by atoms with van der Waals surface area (Å²) in [6, 6.07) is 10.5. The number of aliphatic imine (C=N–C) groups is 1. The normalized spacial score (nSPS) is 14.5. The van der Waals surface area contributed by atoms with Crippen LogP contribution < -0.4 is 10.6 Å². The van der Waals surface area contributed by atoms with E-state index in [2.05, 4.69) is 45.0 Å². The minimum absolute atomic E-state index is 0. The van der Waals surface area contributed by atoms with E-state index in [1.807, 2.05) is 37.7 Å². The van der Waals surface area contributed by atoms with Crippen LogP contribution in [0.1, 0.15) is 31.9 Å². The summed E-state index contributed by atoms with van der Waals surface area (Å²) in [7, 11) is 1.74. The van der Waals surface area contributed by atoms with E-state index in [0.717, 1.165) is 12.5 Å². The van der Waals surface area contributed by atoms with Gasteiger partial charge in [-0.15, -0.1) is 24.0 Å². The second kappa shape index (κ2) is 10.6. The minimum Gasteiger partial charge on any atom is -0.444 e. The molecule has 30 heavy (non-hydrogen) atoms. The summed E-state index contributed by atoms with van der Waals surface area (Å²) in [5.41, 5.74) is 1.89. The first-order valence-corrected chi connectivity index (χ1v) is 9.83. The van der Waals surface area contributed by atoms with Crippen molar-refractivity contribution in [3.8, 4) is 0 Å². The molecule has 9 heteroatoms. The SMILES string of the molecule is CN=C(NCc1cccc(Cn2cccn2)c1)NC1CN(C(=O)OC(C)(C)C)C1.I. The molecule has 0 spiro atoms. The summed E-state index contributed by atoms with van der Waals surface area (Å²) in [4.78, 5) is 18.0. The lowest BCUT2D eigenvalue weighted by Crippen LogP contribution is -2.63. The van der Waals surface area contributed by atoms with Gasteiger partial charge in [0.15, 0.2) is 5.96 Å². The number of benzene rings is 1. The van der Waals surface area contributed by atoms with Crippen molar-refractivity contribution < 1.29 is 9.53 Å². The Hall–Kier alpha value is -2.30. The lowest BCUT2D eigenvalue weighted by Gasteiger charge is -2.40. The van der Waals surface area contributed by atoms with E-state index in [0.29, 0.717) is 19.6 Å². The van der Waals surface area contributed by atoms with Gasteiger partial charge in [-0.1, -0.05) is 24.3 Å². The molecule has 1 aliphatic heterocycles. The smallest absolute Gasteiger partial charge is 0.410 e. The van der Waals surface area contributed by atoms with Crippen molar-refractivity contribution in [3.05, 3.63) is 53.9 Å². The Morgan fingerprint density at radius 1 is 1.27 bits per heavy atom. The largest absolute Gasteiger partial charge is 0.444 e. The van der Waals surface area contributed by atoms with Gasteiger partial charge in [0.05, 0.1) is 12.6 Å². The van der Waals surface area contributed by atoms with Crippen LogP contribution in [0.4, 0.5) is 4.79 Å². The third-order valence-electron chi connectivity index (χ3n) is 4.45. The zero-order valence-corrected chi connectivity index (χ0v) is 20.3. The van der Waals surface area contributed by atoms with E-state index in [1.54, 1.807) is 18.1 Å². The van der Waals surface area contributed by atoms with Crippen LogP contribution in [0.15, 0.2) is 47.7 Å². The fourth-order valence-corrected chi connectivity index (χ4v) is 3.04. The Bertz CT molecular complexity index is 841. The van der Waals surface area contributed by atoms with Gasteiger partial charge in [0.1, 0.15) is 5.60 Å². The van der Waals surface area contributed by atoms with Gasteiger partial charge in [-0.3, -0.25) is 9.67 Å². The van der Waals surface area contributed by atoms with Crippen LogP contribution in [0.25, 0.3) is 0 Å². The maximum atomic E-state index is 12.0. The standard InChI is InChI=1S/C21H30N6O2.HI/c1-21(2,3)29-20(28)26-14-18(15-26)25-19(22-4)23-12-16-7-5-8-17(11-16)13-27-10-6-9-24-27;/h5-11,18H,12-15H2,1-4H3,(H2,22,23,25);1H. The first kappa shape index (κ1) is 24.0.